The lowest BCUT2D eigenvalue weighted by atomic mass is 10.0. The van der Waals surface area contributed by atoms with Crippen molar-refractivity contribution in [3.8, 4) is 23.0 Å². The molecule has 0 aliphatic heterocycles. The Bertz CT molecular complexity index is 849. The molecular formula is C28H36ClF3. The molecule has 4 heteroatoms. The van der Waals surface area contributed by atoms with Gasteiger partial charge in [-0.05, 0) is 52.7 Å². The van der Waals surface area contributed by atoms with Gasteiger partial charge in [-0.1, -0.05) is 104 Å². The van der Waals surface area contributed by atoms with E-state index in [1.807, 2.05) is 19.9 Å². The second-order valence-corrected chi connectivity index (χ2v) is 7.67. The maximum Gasteiger partial charge on any atom is 0.417 e. The summed E-state index contributed by atoms with van der Waals surface area (Å²) in [4.78, 5) is 0. The van der Waals surface area contributed by atoms with Gasteiger partial charge in [-0.15, -0.1) is 11.8 Å². The van der Waals surface area contributed by atoms with Crippen LogP contribution in [0.5, 0.6) is 0 Å². The summed E-state index contributed by atoms with van der Waals surface area (Å²) in [5.74, 6) is 5.36. The highest BCUT2D eigenvalue weighted by atomic mass is 35.5. The third-order valence-corrected chi connectivity index (χ3v) is 3.72. The SMILES string of the molecule is CC#CC.CC(C)=C/C(=C(\C)Cl)C(F)(F)F.CCC.Cc1ccc(-c2ccccc2)cc1. The average molecular weight is 465 g/mol. The van der Waals surface area contributed by atoms with Crippen molar-refractivity contribution in [3.63, 3.8) is 0 Å². The van der Waals surface area contributed by atoms with Crippen LogP contribution in [0.25, 0.3) is 11.1 Å². The summed E-state index contributed by atoms with van der Waals surface area (Å²) in [5.41, 5.74) is 3.67. The molecule has 0 radical (unpaired) electrons. The summed E-state index contributed by atoms with van der Waals surface area (Å²) in [6.45, 7) is 14.4. The molecule has 0 fully saturated rings. The molecule has 0 bridgehead atoms. The van der Waals surface area contributed by atoms with Crippen molar-refractivity contribution in [2.75, 3.05) is 0 Å². The first-order valence-corrected chi connectivity index (χ1v) is 10.9. The van der Waals surface area contributed by atoms with E-state index in [9.17, 15) is 13.2 Å². The summed E-state index contributed by atoms with van der Waals surface area (Å²) >= 11 is 5.29. The third-order valence-electron chi connectivity index (χ3n) is 3.52. The number of benzene rings is 2. The molecule has 0 unspecified atom stereocenters. The zero-order valence-electron chi connectivity index (χ0n) is 20.5. The molecule has 0 spiro atoms. The highest BCUT2D eigenvalue weighted by Gasteiger charge is 2.33. The zero-order chi connectivity index (χ0) is 25.2. The van der Waals surface area contributed by atoms with Gasteiger partial charge in [0.25, 0.3) is 0 Å². The Hall–Kier alpha value is -2.44. The van der Waals surface area contributed by atoms with Crippen molar-refractivity contribution in [2.24, 2.45) is 0 Å². The smallest absolute Gasteiger partial charge is 0.166 e. The van der Waals surface area contributed by atoms with Gasteiger partial charge in [0, 0.05) is 5.03 Å². The van der Waals surface area contributed by atoms with Crippen LogP contribution in [0.1, 0.15) is 60.5 Å². The van der Waals surface area contributed by atoms with E-state index in [-0.39, 0.29) is 5.03 Å². The van der Waals surface area contributed by atoms with Gasteiger partial charge in [-0.2, -0.15) is 13.2 Å². The summed E-state index contributed by atoms with van der Waals surface area (Å²) in [5, 5.41) is -0.233. The second kappa shape index (κ2) is 18.2. The molecule has 2 aromatic carbocycles. The normalized spacial score (nSPS) is 10.2. The monoisotopic (exact) mass is 464 g/mol. The van der Waals surface area contributed by atoms with Crippen LogP contribution < -0.4 is 0 Å². The Labute approximate surface area is 198 Å². The van der Waals surface area contributed by atoms with Crippen LogP contribution in [-0.4, -0.2) is 6.18 Å². The summed E-state index contributed by atoms with van der Waals surface area (Å²) in [6, 6.07) is 19.0. The van der Waals surface area contributed by atoms with Crippen LogP contribution in [0, 0.1) is 18.8 Å². The van der Waals surface area contributed by atoms with Crippen molar-refractivity contribution in [1.82, 2.24) is 0 Å². The molecule has 0 saturated heterocycles. The van der Waals surface area contributed by atoms with Crippen LogP contribution in [0.2, 0.25) is 0 Å². The van der Waals surface area contributed by atoms with Crippen LogP contribution in [0.3, 0.4) is 0 Å². The van der Waals surface area contributed by atoms with Crippen molar-refractivity contribution in [3.05, 3.63) is 82.4 Å². The standard InChI is InChI=1S/C13H12.C8H10ClF3.C4H6.C3H8/c1-11-7-9-13(10-8-11)12-5-3-2-4-6-12;1-5(2)4-7(6(3)9)8(10,11)12;1-3-4-2;1-3-2/h2-10H,1H3;4H,1-3H3;1-2H3;3H2,1-2H3/b;7-6-;;. The topological polar surface area (TPSA) is 0 Å². The Kier molecular flexibility index (Phi) is 18.0. The highest BCUT2D eigenvalue weighted by Crippen LogP contribution is 2.31. The van der Waals surface area contributed by atoms with E-state index in [1.165, 1.54) is 30.0 Å². The van der Waals surface area contributed by atoms with E-state index < -0.39 is 11.7 Å². The lowest BCUT2D eigenvalue weighted by Crippen LogP contribution is -2.11. The second-order valence-electron chi connectivity index (χ2n) is 7.11. The molecule has 0 aliphatic carbocycles. The number of halogens is 4. The molecule has 0 aromatic heterocycles. The van der Waals surface area contributed by atoms with Crippen LogP contribution in [0.4, 0.5) is 13.2 Å². The fraction of sp³-hybridized carbons (Fsp3) is 0.357. The molecule has 2 rings (SSSR count). The predicted molar refractivity (Wildman–Crippen MR) is 136 cm³/mol. The highest BCUT2D eigenvalue weighted by molar-refractivity contribution is 6.29. The van der Waals surface area contributed by atoms with Crippen LogP contribution in [-0.2, 0) is 0 Å². The van der Waals surface area contributed by atoms with E-state index >= 15 is 0 Å². The quantitative estimate of drug-likeness (QED) is 0.306. The third kappa shape index (κ3) is 16.3. The fourth-order valence-electron chi connectivity index (χ4n) is 2.04. The Morgan fingerprint density at radius 1 is 0.844 bits per heavy atom. The zero-order valence-corrected chi connectivity index (χ0v) is 21.2. The first-order valence-electron chi connectivity index (χ1n) is 10.5. The van der Waals surface area contributed by atoms with Gasteiger partial charge >= 0.3 is 6.18 Å². The Morgan fingerprint density at radius 3 is 1.53 bits per heavy atom. The molecular weight excluding hydrogens is 429 g/mol. The summed E-state index contributed by atoms with van der Waals surface area (Å²) in [7, 11) is 0. The molecule has 32 heavy (non-hydrogen) atoms. The van der Waals surface area contributed by atoms with Crippen molar-refractivity contribution < 1.29 is 13.2 Å². The summed E-state index contributed by atoms with van der Waals surface area (Å²) < 4.78 is 36.4. The van der Waals surface area contributed by atoms with E-state index in [0.717, 1.165) is 6.08 Å². The number of allylic oxidation sites excluding steroid dienone is 4. The van der Waals surface area contributed by atoms with E-state index in [0.29, 0.717) is 5.57 Å². The predicted octanol–water partition coefficient (Wildman–Crippen LogP) is 10.1. The molecule has 0 heterocycles. The van der Waals surface area contributed by atoms with Gasteiger partial charge in [-0.3, -0.25) is 0 Å². The Morgan fingerprint density at radius 2 is 1.25 bits per heavy atom. The molecule has 0 atom stereocenters. The number of rotatable bonds is 2. The maximum atomic E-state index is 12.1. The molecule has 0 aliphatic rings. The molecule has 0 N–H and O–H groups in total. The van der Waals surface area contributed by atoms with Gasteiger partial charge in [0.1, 0.15) is 0 Å². The minimum absolute atomic E-state index is 0.233. The van der Waals surface area contributed by atoms with Crippen molar-refractivity contribution in [2.45, 2.75) is 68.0 Å². The molecule has 0 saturated carbocycles. The number of hydrogen-bond acceptors (Lipinski definition) is 0. The number of hydrogen-bond donors (Lipinski definition) is 0. The molecule has 176 valence electrons. The summed E-state index contributed by atoms with van der Waals surface area (Å²) in [6.07, 6.45) is -2.08. The molecule has 2 aromatic rings. The van der Waals surface area contributed by atoms with Gasteiger partial charge < -0.3 is 0 Å². The number of alkyl halides is 3. The van der Waals surface area contributed by atoms with Crippen LogP contribution in [0.15, 0.2) is 76.9 Å². The van der Waals surface area contributed by atoms with Crippen LogP contribution >= 0.6 is 11.6 Å². The van der Waals surface area contributed by atoms with E-state index in [1.54, 1.807) is 13.8 Å². The van der Waals surface area contributed by atoms with Crippen molar-refractivity contribution >= 4 is 11.6 Å². The average Bonchev–Trinajstić information content (AvgIpc) is 2.73. The first-order chi connectivity index (χ1) is 14.9. The van der Waals surface area contributed by atoms with Gasteiger partial charge in [0.2, 0.25) is 0 Å². The minimum Gasteiger partial charge on any atom is -0.166 e. The van der Waals surface area contributed by atoms with Gasteiger partial charge in [0.05, 0.1) is 5.57 Å². The maximum absolute atomic E-state index is 12.1. The molecule has 0 amide bonds. The lowest BCUT2D eigenvalue weighted by Gasteiger charge is -2.08. The van der Waals surface area contributed by atoms with E-state index in [4.69, 9.17) is 11.6 Å². The van der Waals surface area contributed by atoms with Gasteiger partial charge in [0.15, 0.2) is 0 Å². The molecule has 0 nitrogen and oxygen atoms in total. The Balaban J connectivity index is 0. The van der Waals surface area contributed by atoms with E-state index in [2.05, 4.69) is 81.1 Å². The van der Waals surface area contributed by atoms with Gasteiger partial charge in [-0.25, -0.2) is 0 Å². The number of aryl methyl sites for hydroxylation is 1. The largest absolute Gasteiger partial charge is 0.417 e. The van der Waals surface area contributed by atoms with Crippen molar-refractivity contribution in [1.29, 1.82) is 0 Å². The fourth-order valence-corrected chi connectivity index (χ4v) is 2.20. The minimum atomic E-state index is -4.36. The first kappa shape index (κ1) is 31.7. The lowest BCUT2D eigenvalue weighted by molar-refractivity contribution is -0.0886.